The Morgan fingerprint density at radius 2 is 1.96 bits per heavy atom. The minimum atomic E-state index is -4.61. The molecule has 1 amide bonds. The minimum Gasteiger partial charge on any atom is -0.357 e. The lowest BCUT2D eigenvalue weighted by Gasteiger charge is -2.23. The van der Waals surface area contributed by atoms with Gasteiger partial charge in [-0.05, 0) is 50.9 Å². The summed E-state index contributed by atoms with van der Waals surface area (Å²) < 4.78 is 41.4. The van der Waals surface area contributed by atoms with Gasteiger partial charge in [-0.15, -0.1) is 0 Å². The van der Waals surface area contributed by atoms with Crippen LogP contribution in [0.2, 0.25) is 0 Å². The molecule has 1 heterocycles. The fraction of sp³-hybridized carbons (Fsp3) is 0.684. The number of carbonyl (C=O) groups is 1. The molecule has 0 saturated heterocycles. The van der Waals surface area contributed by atoms with Crippen molar-refractivity contribution in [2.24, 2.45) is 5.92 Å². The van der Waals surface area contributed by atoms with Gasteiger partial charge in [0.15, 0.2) is 0 Å². The molecule has 1 N–H and O–H groups in total. The highest BCUT2D eigenvalue weighted by Gasteiger charge is 2.35. The van der Waals surface area contributed by atoms with E-state index in [-0.39, 0.29) is 23.8 Å². The smallest absolute Gasteiger partial charge is 0.357 e. The van der Waals surface area contributed by atoms with Crippen LogP contribution in [-0.2, 0) is 17.4 Å². The van der Waals surface area contributed by atoms with Crippen LogP contribution in [0.15, 0.2) is 17.1 Å². The predicted molar refractivity (Wildman–Crippen MR) is 99.8 cm³/mol. The van der Waals surface area contributed by atoms with Crippen LogP contribution in [0.4, 0.5) is 13.2 Å². The second-order valence-electron chi connectivity index (χ2n) is 7.21. The van der Waals surface area contributed by atoms with Crippen molar-refractivity contribution in [3.05, 3.63) is 33.7 Å². The number of aromatic nitrogens is 1. The van der Waals surface area contributed by atoms with Gasteiger partial charge in [-0.2, -0.15) is 13.2 Å². The van der Waals surface area contributed by atoms with Crippen LogP contribution in [0.25, 0.3) is 0 Å². The Bertz CT molecular complexity index is 684. The maximum atomic E-state index is 13.4. The molecule has 1 aromatic rings. The van der Waals surface area contributed by atoms with Crippen LogP contribution in [0.3, 0.4) is 0 Å². The molecular weight excluding hydrogens is 359 g/mol. The number of pyridine rings is 1. The van der Waals surface area contributed by atoms with E-state index in [1.807, 2.05) is 32.7 Å². The van der Waals surface area contributed by atoms with Gasteiger partial charge in [-0.25, -0.2) is 0 Å². The molecule has 0 spiro atoms. The van der Waals surface area contributed by atoms with E-state index in [4.69, 9.17) is 0 Å². The summed E-state index contributed by atoms with van der Waals surface area (Å²) in [7, 11) is 3.35. The summed E-state index contributed by atoms with van der Waals surface area (Å²) in [4.78, 5) is 26.6. The SMILES string of the molecule is CCN(C)CCCc1cn(C(CC(C)C)C(=O)NC)c(=O)cc1C(F)(F)F. The fourth-order valence-corrected chi connectivity index (χ4v) is 2.96. The summed E-state index contributed by atoms with van der Waals surface area (Å²) in [6.45, 7) is 7.22. The fourth-order valence-electron chi connectivity index (χ4n) is 2.96. The zero-order chi connectivity index (χ0) is 20.8. The standard InChI is InChI=1S/C19H30F3N3O2/c1-6-24(5)9-7-8-14-12-25(16(10-13(2)3)18(27)23-4)17(26)11-15(14)19(20,21)22/h11-13,16H,6-10H2,1-5H3,(H,23,27). The van der Waals surface area contributed by atoms with Crippen LogP contribution < -0.4 is 10.9 Å². The summed E-state index contributed by atoms with van der Waals surface area (Å²) in [5, 5.41) is 2.50. The van der Waals surface area contributed by atoms with E-state index in [2.05, 4.69) is 5.32 Å². The Morgan fingerprint density at radius 1 is 1.33 bits per heavy atom. The number of rotatable bonds is 9. The molecular formula is C19H30F3N3O2. The Kier molecular flexibility index (Phi) is 8.53. The highest BCUT2D eigenvalue weighted by atomic mass is 19.4. The molecule has 0 saturated carbocycles. The number of hydrogen-bond donors (Lipinski definition) is 1. The van der Waals surface area contributed by atoms with Crippen LogP contribution >= 0.6 is 0 Å². The molecule has 8 heteroatoms. The molecule has 5 nitrogen and oxygen atoms in total. The van der Waals surface area contributed by atoms with Crippen molar-refractivity contribution in [1.29, 1.82) is 0 Å². The van der Waals surface area contributed by atoms with E-state index in [0.29, 0.717) is 25.5 Å². The van der Waals surface area contributed by atoms with Gasteiger partial charge < -0.3 is 14.8 Å². The number of halogens is 3. The largest absolute Gasteiger partial charge is 0.416 e. The number of nitrogens with one attached hydrogen (secondary N) is 1. The first-order valence-corrected chi connectivity index (χ1v) is 9.23. The molecule has 1 rings (SSSR count). The third-order valence-corrected chi connectivity index (χ3v) is 4.57. The second kappa shape index (κ2) is 9.92. The number of amides is 1. The van der Waals surface area contributed by atoms with Crippen molar-refractivity contribution in [1.82, 2.24) is 14.8 Å². The quantitative estimate of drug-likeness (QED) is 0.706. The lowest BCUT2D eigenvalue weighted by atomic mass is 10.0. The highest BCUT2D eigenvalue weighted by Crippen LogP contribution is 2.32. The van der Waals surface area contributed by atoms with Gasteiger partial charge in [-0.3, -0.25) is 9.59 Å². The number of alkyl halides is 3. The zero-order valence-electron chi connectivity index (χ0n) is 16.7. The third kappa shape index (κ3) is 6.68. The summed E-state index contributed by atoms with van der Waals surface area (Å²) in [5.41, 5.74) is -1.68. The van der Waals surface area contributed by atoms with E-state index in [1.165, 1.54) is 13.2 Å². The van der Waals surface area contributed by atoms with Crippen molar-refractivity contribution >= 4 is 5.91 Å². The average molecular weight is 389 g/mol. The highest BCUT2D eigenvalue weighted by molar-refractivity contribution is 5.80. The molecule has 0 aliphatic heterocycles. The monoisotopic (exact) mass is 389 g/mol. The Morgan fingerprint density at radius 3 is 2.44 bits per heavy atom. The second-order valence-corrected chi connectivity index (χ2v) is 7.21. The van der Waals surface area contributed by atoms with Gasteiger partial charge in [0.25, 0.3) is 5.56 Å². The van der Waals surface area contributed by atoms with Gasteiger partial charge in [0, 0.05) is 19.3 Å². The number of aryl methyl sites for hydroxylation is 1. The lowest BCUT2D eigenvalue weighted by Crippen LogP contribution is -2.37. The lowest BCUT2D eigenvalue weighted by molar-refractivity contribution is -0.138. The van der Waals surface area contributed by atoms with Crippen LogP contribution in [0.5, 0.6) is 0 Å². The van der Waals surface area contributed by atoms with Gasteiger partial charge in [0.1, 0.15) is 6.04 Å². The average Bonchev–Trinajstić information content (AvgIpc) is 2.58. The maximum absolute atomic E-state index is 13.4. The summed E-state index contributed by atoms with van der Waals surface area (Å²) in [6.07, 6.45) is -2.31. The van der Waals surface area contributed by atoms with Gasteiger partial charge in [0.2, 0.25) is 5.91 Å². The van der Waals surface area contributed by atoms with Gasteiger partial charge in [0.05, 0.1) is 5.56 Å². The van der Waals surface area contributed by atoms with Gasteiger partial charge >= 0.3 is 6.18 Å². The minimum absolute atomic E-state index is 0.0456. The number of likely N-dealkylation sites (N-methyl/N-ethyl adjacent to an activating group) is 1. The van der Waals surface area contributed by atoms with E-state index in [1.54, 1.807) is 0 Å². The van der Waals surface area contributed by atoms with Gasteiger partial charge in [-0.1, -0.05) is 20.8 Å². The van der Waals surface area contributed by atoms with E-state index < -0.39 is 23.3 Å². The molecule has 1 atom stereocenters. The molecule has 0 fully saturated rings. The molecule has 27 heavy (non-hydrogen) atoms. The summed E-state index contributed by atoms with van der Waals surface area (Å²) >= 11 is 0. The molecule has 0 aromatic carbocycles. The van der Waals surface area contributed by atoms with Crippen molar-refractivity contribution in [3.8, 4) is 0 Å². The predicted octanol–water partition coefficient (Wildman–Crippen LogP) is 3.08. The Hall–Kier alpha value is -1.83. The molecule has 154 valence electrons. The molecule has 1 aromatic heterocycles. The van der Waals surface area contributed by atoms with E-state index in [0.717, 1.165) is 11.1 Å². The van der Waals surface area contributed by atoms with E-state index >= 15 is 0 Å². The van der Waals surface area contributed by atoms with Crippen LogP contribution in [0, 0.1) is 5.92 Å². The topological polar surface area (TPSA) is 54.3 Å². The molecule has 1 unspecified atom stereocenters. The van der Waals surface area contributed by atoms with Crippen molar-refractivity contribution in [2.45, 2.75) is 52.3 Å². The van der Waals surface area contributed by atoms with Crippen molar-refractivity contribution in [2.75, 3.05) is 27.2 Å². The number of hydrogen-bond acceptors (Lipinski definition) is 3. The maximum Gasteiger partial charge on any atom is 0.416 e. The van der Waals surface area contributed by atoms with E-state index in [9.17, 15) is 22.8 Å². The first kappa shape index (κ1) is 23.2. The van der Waals surface area contributed by atoms with Crippen molar-refractivity contribution in [3.63, 3.8) is 0 Å². The Labute approximate surface area is 158 Å². The molecule has 0 aliphatic rings. The Balaban J connectivity index is 3.34. The van der Waals surface area contributed by atoms with Crippen LogP contribution in [0.1, 0.15) is 50.8 Å². The number of nitrogens with zero attached hydrogens (tertiary/aromatic N) is 2. The zero-order valence-corrected chi connectivity index (χ0v) is 16.7. The molecule has 0 aliphatic carbocycles. The molecule has 0 radical (unpaired) electrons. The summed E-state index contributed by atoms with van der Waals surface area (Å²) in [6, 6.07) is -0.211. The number of carbonyl (C=O) groups excluding carboxylic acids is 1. The molecule has 0 bridgehead atoms. The summed E-state index contributed by atoms with van der Waals surface area (Å²) in [5.74, 6) is -0.287. The normalized spacial score (nSPS) is 13.3. The first-order chi connectivity index (χ1) is 12.5. The third-order valence-electron chi connectivity index (χ3n) is 4.57. The van der Waals surface area contributed by atoms with Crippen molar-refractivity contribution < 1.29 is 18.0 Å². The van der Waals surface area contributed by atoms with Crippen LogP contribution in [-0.4, -0.2) is 42.6 Å². The first-order valence-electron chi connectivity index (χ1n) is 9.23.